The molecule has 0 heterocycles. The van der Waals surface area contributed by atoms with Crippen molar-refractivity contribution < 1.29 is 9.90 Å². The number of carboxylic acid groups (broad SMARTS) is 1. The Morgan fingerprint density at radius 2 is 2.50 bits per heavy atom. The van der Waals surface area contributed by atoms with Gasteiger partial charge in [-0.15, -0.1) is 0 Å². The van der Waals surface area contributed by atoms with E-state index in [0.717, 1.165) is 0 Å². The maximum atomic E-state index is 9.97. The Balaban J connectivity index is 3.52. The van der Waals surface area contributed by atoms with Crippen LogP contribution in [0.2, 0.25) is 0 Å². The number of aliphatic carboxylic acids is 1. The molecule has 0 fully saturated rings. The van der Waals surface area contributed by atoms with Crippen molar-refractivity contribution in [1.29, 1.82) is 0 Å². The molecule has 4 nitrogen and oxygen atoms in total. The Morgan fingerprint density at radius 3 is 2.50 bits per heavy atom. The fraction of sp³-hybridized carbons (Fsp3) is 0.667. The molecule has 0 spiro atoms. The maximum Gasteiger partial charge on any atom is 0.322 e. The number of nitrogens with two attached hydrogens (primary N) is 1. The smallest absolute Gasteiger partial charge is 0.322 e. The van der Waals surface area contributed by atoms with Crippen LogP contribution in [0.25, 0.3) is 0 Å². The molecule has 0 aromatic rings. The Morgan fingerprint density at radius 1 is 2.00 bits per heavy atom. The minimum atomic E-state index is -0.984. The zero-order valence-corrected chi connectivity index (χ0v) is 5.06. The summed E-state index contributed by atoms with van der Waals surface area (Å²) in [5.74, 6) is 4.02. The number of nitrogens with one attached hydrogen (secondary N) is 1. The van der Waals surface area contributed by atoms with E-state index in [2.05, 4.69) is 18.1 Å². The first kappa shape index (κ1) is 7.74. The second-order valence-electron chi connectivity index (χ2n) is 1.24. The Kier molecular flexibility index (Phi) is 3.59. The van der Waals surface area contributed by atoms with Crippen LogP contribution >= 0.6 is 12.6 Å². The number of hydrogen-bond acceptors (Lipinski definition) is 4. The second-order valence-corrected chi connectivity index (χ2v) is 1.61. The van der Waals surface area contributed by atoms with Gasteiger partial charge in [0, 0.05) is 5.75 Å². The summed E-state index contributed by atoms with van der Waals surface area (Å²) in [7, 11) is 0. The van der Waals surface area contributed by atoms with Crippen molar-refractivity contribution in [2.75, 3.05) is 5.75 Å². The van der Waals surface area contributed by atoms with Gasteiger partial charge in [-0.3, -0.25) is 10.6 Å². The third-order valence-electron chi connectivity index (χ3n) is 0.682. The predicted octanol–water partition coefficient (Wildman–Crippen LogP) is -1.17. The van der Waals surface area contributed by atoms with Crippen LogP contribution in [0.3, 0.4) is 0 Å². The fourth-order valence-electron chi connectivity index (χ4n) is 0.202. The molecule has 8 heavy (non-hydrogen) atoms. The Labute approximate surface area is 52.4 Å². The van der Waals surface area contributed by atoms with Crippen LogP contribution in [0.4, 0.5) is 0 Å². The average molecular weight is 136 g/mol. The van der Waals surface area contributed by atoms with Crippen LogP contribution in [0.5, 0.6) is 0 Å². The van der Waals surface area contributed by atoms with Gasteiger partial charge in [0.15, 0.2) is 0 Å². The highest BCUT2D eigenvalue weighted by molar-refractivity contribution is 7.80. The quantitative estimate of drug-likeness (QED) is 0.224. The molecule has 0 saturated carbocycles. The summed E-state index contributed by atoms with van der Waals surface area (Å²) in [5.41, 5.74) is 2.08. The summed E-state index contributed by atoms with van der Waals surface area (Å²) < 4.78 is 0. The summed E-state index contributed by atoms with van der Waals surface area (Å²) in [4.78, 5) is 9.97. The minimum absolute atomic E-state index is 0.200. The van der Waals surface area contributed by atoms with Gasteiger partial charge >= 0.3 is 5.97 Å². The highest BCUT2D eigenvalue weighted by Gasteiger charge is 2.11. The fourth-order valence-corrected chi connectivity index (χ4v) is 0.464. The van der Waals surface area contributed by atoms with Crippen molar-refractivity contribution >= 4 is 18.6 Å². The van der Waals surface area contributed by atoms with Gasteiger partial charge in [0.1, 0.15) is 6.04 Å². The standard InChI is InChI=1S/C3H8N2O2S/c4-5-2(1-8)3(6)7/h2,5,8H,1,4H2,(H,6,7)/t2-/m0/s1. The molecular formula is C3H8N2O2S. The molecule has 5 heteroatoms. The SMILES string of the molecule is NN[C@@H](CS)C(=O)O. The molecule has 48 valence electrons. The molecule has 0 bridgehead atoms. The van der Waals surface area contributed by atoms with E-state index in [1.165, 1.54) is 0 Å². The molecule has 0 unspecified atom stereocenters. The number of rotatable bonds is 3. The number of carbonyl (C=O) groups is 1. The van der Waals surface area contributed by atoms with Gasteiger partial charge in [-0.1, -0.05) is 0 Å². The van der Waals surface area contributed by atoms with Crippen molar-refractivity contribution in [1.82, 2.24) is 5.43 Å². The monoisotopic (exact) mass is 136 g/mol. The molecule has 0 radical (unpaired) electrons. The first-order valence-corrected chi connectivity index (χ1v) is 2.65. The molecule has 0 aromatic heterocycles. The van der Waals surface area contributed by atoms with Crippen LogP contribution in [0.15, 0.2) is 0 Å². The second kappa shape index (κ2) is 3.71. The van der Waals surface area contributed by atoms with Gasteiger partial charge in [-0.25, -0.2) is 5.43 Å². The number of thiol groups is 1. The first-order valence-electron chi connectivity index (χ1n) is 2.02. The van der Waals surface area contributed by atoms with Gasteiger partial charge < -0.3 is 5.11 Å². The predicted molar refractivity (Wildman–Crippen MR) is 32.6 cm³/mol. The highest BCUT2D eigenvalue weighted by Crippen LogP contribution is 1.83. The Bertz CT molecular complexity index is 83.4. The summed E-state index contributed by atoms with van der Waals surface area (Å²) in [6, 6.07) is -0.738. The van der Waals surface area contributed by atoms with E-state index < -0.39 is 12.0 Å². The lowest BCUT2D eigenvalue weighted by molar-refractivity contribution is -0.138. The van der Waals surface area contributed by atoms with Crippen molar-refractivity contribution in [3.63, 3.8) is 0 Å². The van der Waals surface area contributed by atoms with Crippen LogP contribution < -0.4 is 11.3 Å². The molecule has 4 N–H and O–H groups in total. The molecule has 0 aliphatic carbocycles. The molecule has 1 atom stereocenters. The van der Waals surface area contributed by atoms with Crippen molar-refractivity contribution in [3.05, 3.63) is 0 Å². The van der Waals surface area contributed by atoms with E-state index in [-0.39, 0.29) is 5.75 Å². The lowest BCUT2D eigenvalue weighted by atomic mass is 10.4. The van der Waals surface area contributed by atoms with Crippen LogP contribution in [0.1, 0.15) is 0 Å². The third-order valence-corrected chi connectivity index (χ3v) is 1.05. The average Bonchev–Trinajstić information content (AvgIpc) is 1.69. The van der Waals surface area contributed by atoms with Gasteiger partial charge in [0.25, 0.3) is 0 Å². The number of carboxylic acids is 1. The molecular weight excluding hydrogens is 128 g/mol. The van der Waals surface area contributed by atoms with Crippen LogP contribution in [-0.2, 0) is 4.79 Å². The van der Waals surface area contributed by atoms with Gasteiger partial charge in [-0.05, 0) is 0 Å². The van der Waals surface area contributed by atoms with Gasteiger partial charge in [-0.2, -0.15) is 12.6 Å². The van der Waals surface area contributed by atoms with E-state index in [4.69, 9.17) is 10.9 Å². The topological polar surface area (TPSA) is 75.3 Å². The van der Waals surface area contributed by atoms with Crippen LogP contribution in [-0.4, -0.2) is 22.9 Å². The first-order chi connectivity index (χ1) is 3.72. The van der Waals surface area contributed by atoms with Gasteiger partial charge in [0.05, 0.1) is 0 Å². The van der Waals surface area contributed by atoms with Crippen LogP contribution in [0, 0.1) is 0 Å². The van der Waals surface area contributed by atoms with Gasteiger partial charge in [0.2, 0.25) is 0 Å². The number of hydrazine groups is 1. The minimum Gasteiger partial charge on any atom is -0.480 e. The third kappa shape index (κ3) is 2.15. The summed E-state index contributed by atoms with van der Waals surface area (Å²) in [6.07, 6.45) is 0. The normalized spacial score (nSPS) is 13.2. The van der Waals surface area contributed by atoms with E-state index in [1.807, 2.05) is 0 Å². The highest BCUT2D eigenvalue weighted by atomic mass is 32.1. The van der Waals surface area contributed by atoms with Crippen molar-refractivity contribution in [2.24, 2.45) is 5.84 Å². The molecule has 0 rings (SSSR count). The molecule has 0 aliphatic heterocycles. The zero-order valence-electron chi connectivity index (χ0n) is 4.16. The molecule has 0 amide bonds. The van der Waals surface area contributed by atoms with E-state index >= 15 is 0 Å². The summed E-state index contributed by atoms with van der Waals surface area (Å²) >= 11 is 3.71. The Hall–Kier alpha value is -0.260. The van der Waals surface area contributed by atoms with Crippen molar-refractivity contribution in [2.45, 2.75) is 6.04 Å². The molecule has 0 saturated heterocycles. The number of hydrogen-bond donors (Lipinski definition) is 4. The molecule has 0 aromatic carbocycles. The molecule has 0 aliphatic rings. The maximum absolute atomic E-state index is 9.97. The van der Waals surface area contributed by atoms with E-state index in [1.54, 1.807) is 0 Å². The van der Waals surface area contributed by atoms with E-state index in [9.17, 15) is 4.79 Å². The lowest BCUT2D eigenvalue weighted by Gasteiger charge is -2.04. The van der Waals surface area contributed by atoms with E-state index in [0.29, 0.717) is 0 Å². The summed E-state index contributed by atoms with van der Waals surface area (Å²) in [5, 5.41) is 8.18. The largest absolute Gasteiger partial charge is 0.480 e. The lowest BCUT2D eigenvalue weighted by Crippen LogP contribution is -2.42. The van der Waals surface area contributed by atoms with Crippen molar-refractivity contribution in [3.8, 4) is 0 Å². The zero-order chi connectivity index (χ0) is 6.57. The summed E-state index contributed by atoms with van der Waals surface area (Å²) in [6.45, 7) is 0.